The zero-order valence-electron chi connectivity index (χ0n) is 13.1. The molecule has 0 aliphatic carbocycles. The highest BCUT2D eigenvalue weighted by Crippen LogP contribution is 2.28. The van der Waals surface area contributed by atoms with E-state index in [1.54, 1.807) is 11.3 Å². The van der Waals surface area contributed by atoms with Crippen molar-refractivity contribution in [2.75, 3.05) is 39.3 Å². The lowest BCUT2D eigenvalue weighted by atomic mass is 10.2. The van der Waals surface area contributed by atoms with Gasteiger partial charge >= 0.3 is 0 Å². The van der Waals surface area contributed by atoms with Crippen molar-refractivity contribution in [1.29, 1.82) is 0 Å². The molecule has 2 aliphatic rings. The Hall–Kier alpha value is -0.500. The maximum absolute atomic E-state index is 4.59. The van der Waals surface area contributed by atoms with Gasteiger partial charge in [0.05, 0.1) is 0 Å². The number of piperazine rings is 1. The van der Waals surface area contributed by atoms with Crippen LogP contribution in [0, 0.1) is 0 Å². The van der Waals surface area contributed by atoms with Crippen LogP contribution in [0.4, 0.5) is 0 Å². The second-order valence-corrected chi connectivity index (χ2v) is 8.00. The second-order valence-electron chi connectivity index (χ2n) is 6.11. The molecule has 2 aromatic rings. The minimum atomic E-state index is 0. The van der Waals surface area contributed by atoms with Gasteiger partial charge in [0.25, 0.3) is 0 Å². The first-order valence-electron chi connectivity index (χ1n) is 8.03. The summed E-state index contributed by atoms with van der Waals surface area (Å²) in [7, 11) is 0. The first-order chi connectivity index (χ1) is 10.9. The number of nitrogens with zero attached hydrogens (tertiary/aromatic N) is 3. The number of aromatic nitrogens is 1. The Labute approximate surface area is 151 Å². The predicted molar refractivity (Wildman–Crippen MR) is 101 cm³/mol. The molecule has 4 rings (SSSR count). The van der Waals surface area contributed by atoms with Crippen molar-refractivity contribution in [3.05, 3.63) is 27.9 Å². The first-order valence-corrected chi connectivity index (χ1v) is 9.79. The Balaban J connectivity index is 0.00000156. The standard InChI is InChI=1S/C16H22N4S2.ClH/c1-5-19(10-14(1)20-6-3-17-4-7-20)11-15-9-18-16(22-15)13-2-8-21-12-13;/h2,8-9,12,14,17H,1,3-7,10-11H2;1H. The minimum absolute atomic E-state index is 0. The van der Waals surface area contributed by atoms with Crippen LogP contribution >= 0.6 is 35.1 Å². The maximum Gasteiger partial charge on any atom is 0.124 e. The Kier molecular flexibility index (Phi) is 6.07. The molecule has 1 atom stereocenters. The molecule has 0 bridgehead atoms. The van der Waals surface area contributed by atoms with Crippen molar-refractivity contribution in [3.63, 3.8) is 0 Å². The number of likely N-dealkylation sites (tertiary alicyclic amines) is 1. The van der Waals surface area contributed by atoms with Gasteiger partial charge in [-0.3, -0.25) is 9.80 Å². The molecule has 4 heterocycles. The van der Waals surface area contributed by atoms with Gasteiger partial charge in [-0.2, -0.15) is 11.3 Å². The second kappa shape index (κ2) is 8.05. The third-order valence-electron chi connectivity index (χ3n) is 4.62. The fourth-order valence-corrected chi connectivity index (χ4v) is 5.09. The Morgan fingerprint density at radius 1 is 1.26 bits per heavy atom. The van der Waals surface area contributed by atoms with Crippen LogP contribution < -0.4 is 5.32 Å². The van der Waals surface area contributed by atoms with E-state index in [2.05, 4.69) is 43.1 Å². The van der Waals surface area contributed by atoms with E-state index in [4.69, 9.17) is 0 Å². The fraction of sp³-hybridized carbons (Fsp3) is 0.562. The number of rotatable bonds is 4. The molecule has 2 fully saturated rings. The van der Waals surface area contributed by atoms with Gasteiger partial charge in [0.1, 0.15) is 5.01 Å². The summed E-state index contributed by atoms with van der Waals surface area (Å²) in [4.78, 5) is 11.2. The Bertz CT molecular complexity index is 595. The average molecular weight is 371 g/mol. The van der Waals surface area contributed by atoms with Crippen LogP contribution in [-0.4, -0.2) is 60.1 Å². The van der Waals surface area contributed by atoms with Gasteiger partial charge < -0.3 is 5.32 Å². The molecule has 0 aromatic carbocycles. The molecule has 2 aromatic heterocycles. The minimum Gasteiger partial charge on any atom is -0.314 e. The Morgan fingerprint density at radius 3 is 2.91 bits per heavy atom. The van der Waals surface area contributed by atoms with Crippen LogP contribution in [0.1, 0.15) is 11.3 Å². The van der Waals surface area contributed by atoms with Crippen LogP contribution in [0.3, 0.4) is 0 Å². The van der Waals surface area contributed by atoms with Gasteiger partial charge in [0.15, 0.2) is 0 Å². The van der Waals surface area contributed by atoms with Gasteiger partial charge in [-0.05, 0) is 17.9 Å². The molecule has 7 heteroatoms. The number of hydrogen-bond donors (Lipinski definition) is 1. The van der Waals surface area contributed by atoms with Gasteiger partial charge in [0.2, 0.25) is 0 Å². The van der Waals surface area contributed by atoms with Crippen molar-refractivity contribution < 1.29 is 0 Å². The number of thiazole rings is 1. The van der Waals surface area contributed by atoms with Gasteiger partial charge in [0, 0.05) is 73.9 Å². The maximum atomic E-state index is 4.59. The van der Waals surface area contributed by atoms with E-state index in [9.17, 15) is 0 Å². The molecule has 2 aliphatic heterocycles. The van der Waals surface area contributed by atoms with E-state index in [-0.39, 0.29) is 12.4 Å². The average Bonchev–Trinajstić information content (AvgIpc) is 3.30. The predicted octanol–water partition coefficient (Wildman–Crippen LogP) is 2.77. The van der Waals surface area contributed by atoms with Crippen LogP contribution in [0.2, 0.25) is 0 Å². The van der Waals surface area contributed by atoms with E-state index < -0.39 is 0 Å². The zero-order chi connectivity index (χ0) is 14.8. The van der Waals surface area contributed by atoms with Gasteiger partial charge in [-0.1, -0.05) is 0 Å². The lowest BCUT2D eigenvalue weighted by molar-refractivity contribution is 0.170. The molecule has 0 amide bonds. The van der Waals surface area contributed by atoms with E-state index in [0.29, 0.717) is 0 Å². The zero-order valence-corrected chi connectivity index (χ0v) is 15.6. The van der Waals surface area contributed by atoms with Gasteiger partial charge in [-0.15, -0.1) is 23.7 Å². The molecule has 0 saturated carbocycles. The first kappa shape index (κ1) is 17.3. The number of thiophene rings is 1. The summed E-state index contributed by atoms with van der Waals surface area (Å²) >= 11 is 3.58. The summed E-state index contributed by atoms with van der Waals surface area (Å²) < 4.78 is 0. The number of halogens is 1. The van der Waals surface area contributed by atoms with Crippen molar-refractivity contribution in [2.45, 2.75) is 19.0 Å². The lowest BCUT2D eigenvalue weighted by Gasteiger charge is -2.32. The molecule has 0 spiro atoms. The lowest BCUT2D eigenvalue weighted by Crippen LogP contribution is -2.49. The van der Waals surface area contributed by atoms with Crippen molar-refractivity contribution in [1.82, 2.24) is 20.1 Å². The quantitative estimate of drug-likeness (QED) is 0.896. The summed E-state index contributed by atoms with van der Waals surface area (Å²) in [5, 5.41) is 8.90. The highest BCUT2D eigenvalue weighted by Gasteiger charge is 2.28. The molecule has 1 N–H and O–H groups in total. The SMILES string of the molecule is Cl.c1cc(-c2ncc(CN3CCC(N4CCNCC4)C3)s2)cs1. The topological polar surface area (TPSA) is 31.4 Å². The highest BCUT2D eigenvalue weighted by atomic mass is 35.5. The summed E-state index contributed by atoms with van der Waals surface area (Å²) in [6.07, 6.45) is 3.38. The van der Waals surface area contributed by atoms with Crippen molar-refractivity contribution in [2.24, 2.45) is 0 Å². The van der Waals surface area contributed by atoms with Crippen LogP contribution in [-0.2, 0) is 6.54 Å². The van der Waals surface area contributed by atoms with Crippen molar-refractivity contribution in [3.8, 4) is 10.6 Å². The van der Waals surface area contributed by atoms with Crippen LogP contribution in [0.5, 0.6) is 0 Å². The fourth-order valence-electron chi connectivity index (χ4n) is 3.42. The number of hydrogen-bond acceptors (Lipinski definition) is 6. The molecule has 23 heavy (non-hydrogen) atoms. The van der Waals surface area contributed by atoms with E-state index in [1.165, 1.54) is 43.0 Å². The molecule has 2 saturated heterocycles. The summed E-state index contributed by atoms with van der Waals surface area (Å²) in [6.45, 7) is 8.21. The van der Waals surface area contributed by atoms with E-state index in [1.807, 2.05) is 11.3 Å². The normalized spacial score (nSPS) is 23.0. The molecule has 126 valence electrons. The molecule has 1 unspecified atom stereocenters. The molecule has 0 radical (unpaired) electrons. The third-order valence-corrected chi connectivity index (χ3v) is 6.33. The van der Waals surface area contributed by atoms with E-state index >= 15 is 0 Å². The molecular formula is C16H23ClN4S2. The summed E-state index contributed by atoms with van der Waals surface area (Å²) in [5.41, 5.74) is 1.27. The molecule has 4 nitrogen and oxygen atoms in total. The van der Waals surface area contributed by atoms with Crippen LogP contribution in [0.25, 0.3) is 10.6 Å². The summed E-state index contributed by atoms with van der Waals surface area (Å²) in [6, 6.07) is 2.91. The monoisotopic (exact) mass is 370 g/mol. The third kappa shape index (κ3) is 4.13. The number of nitrogens with one attached hydrogen (secondary N) is 1. The van der Waals surface area contributed by atoms with Crippen LogP contribution in [0.15, 0.2) is 23.0 Å². The Morgan fingerprint density at radius 2 is 2.13 bits per heavy atom. The summed E-state index contributed by atoms with van der Waals surface area (Å²) in [5.74, 6) is 0. The van der Waals surface area contributed by atoms with E-state index in [0.717, 1.165) is 30.7 Å². The highest BCUT2D eigenvalue weighted by molar-refractivity contribution is 7.15. The van der Waals surface area contributed by atoms with Crippen molar-refractivity contribution >= 4 is 35.1 Å². The van der Waals surface area contributed by atoms with Gasteiger partial charge in [-0.25, -0.2) is 4.98 Å². The largest absolute Gasteiger partial charge is 0.314 e. The molecular weight excluding hydrogens is 348 g/mol. The smallest absolute Gasteiger partial charge is 0.124 e.